The Morgan fingerprint density at radius 3 is 2.82 bits per heavy atom. The van der Waals surface area contributed by atoms with Crippen molar-refractivity contribution in [3.63, 3.8) is 0 Å². The Balaban J connectivity index is 1.78. The van der Waals surface area contributed by atoms with E-state index in [1.807, 2.05) is 0 Å². The minimum Gasteiger partial charge on any atom is -0.390 e. The molecule has 9 nitrogen and oxygen atoms in total. The number of hydrogen-bond acceptors (Lipinski definition) is 6. The van der Waals surface area contributed by atoms with Crippen molar-refractivity contribution in [3.8, 4) is 0 Å². The fraction of sp³-hybridized carbons (Fsp3) is 0.417. The lowest BCUT2D eigenvalue weighted by Crippen LogP contribution is -2.42. The van der Waals surface area contributed by atoms with E-state index in [4.69, 9.17) is 0 Å². The lowest BCUT2D eigenvalue weighted by molar-refractivity contribution is 0.0765. The van der Waals surface area contributed by atoms with Crippen molar-refractivity contribution in [2.75, 3.05) is 19.3 Å². The van der Waals surface area contributed by atoms with E-state index >= 15 is 0 Å². The van der Waals surface area contributed by atoms with Gasteiger partial charge in [0.05, 0.1) is 18.4 Å². The van der Waals surface area contributed by atoms with Crippen molar-refractivity contribution < 1.29 is 18.3 Å². The van der Waals surface area contributed by atoms with Gasteiger partial charge >= 0.3 is 0 Å². The molecule has 2 aromatic rings. The Labute approximate surface area is 126 Å². The molecule has 1 aliphatic heterocycles. The minimum absolute atomic E-state index is 0.0723. The Morgan fingerprint density at radius 2 is 2.09 bits per heavy atom. The molecule has 118 valence electrons. The molecule has 3 N–H and O–H groups in total. The number of sulfonamides is 1. The quantitative estimate of drug-likeness (QED) is 0.643. The van der Waals surface area contributed by atoms with Gasteiger partial charge in [0.2, 0.25) is 10.0 Å². The third-order valence-corrected chi connectivity index (χ3v) is 4.24. The number of nitrogens with one attached hydrogen (secondary N) is 2. The first-order valence-corrected chi connectivity index (χ1v) is 8.48. The second-order valence-electron chi connectivity index (χ2n) is 5.30. The number of fused-ring (bicyclic) bond motifs is 1. The summed E-state index contributed by atoms with van der Waals surface area (Å²) in [5.41, 5.74) is 1.62. The number of nitrogens with zero attached hydrogens (tertiary/aromatic N) is 3. The van der Waals surface area contributed by atoms with Gasteiger partial charge in [-0.25, -0.2) is 13.1 Å². The SMILES string of the molecule is CS(=O)(=O)N[C@@H]1CN(C(=O)c2ccc3n[nH]nc3c2)C[C@H]1O. The zero-order chi connectivity index (χ0) is 15.9. The lowest BCUT2D eigenvalue weighted by Gasteiger charge is -2.16. The summed E-state index contributed by atoms with van der Waals surface area (Å²) in [7, 11) is -3.45. The van der Waals surface area contributed by atoms with Gasteiger partial charge in [0.1, 0.15) is 11.0 Å². The van der Waals surface area contributed by atoms with Crippen LogP contribution in [0.5, 0.6) is 0 Å². The predicted molar refractivity (Wildman–Crippen MR) is 77.6 cm³/mol. The average Bonchev–Trinajstić information content (AvgIpc) is 3.03. The monoisotopic (exact) mass is 325 g/mol. The number of aromatic amines is 1. The summed E-state index contributed by atoms with van der Waals surface area (Å²) >= 11 is 0. The van der Waals surface area contributed by atoms with Crippen LogP contribution in [0.4, 0.5) is 0 Å². The standard InChI is InChI=1S/C12H15N5O4S/c1-22(20,21)15-10-5-17(6-11(10)18)12(19)7-2-3-8-9(4-7)14-16-13-8/h2-4,10-11,15,18H,5-6H2,1H3,(H,13,14,16)/t10-,11-/m1/s1. The summed E-state index contributed by atoms with van der Waals surface area (Å²) in [5.74, 6) is -0.290. The molecule has 10 heteroatoms. The van der Waals surface area contributed by atoms with Crippen molar-refractivity contribution >= 4 is 27.0 Å². The minimum atomic E-state index is -3.45. The second kappa shape index (κ2) is 5.30. The smallest absolute Gasteiger partial charge is 0.254 e. The number of benzene rings is 1. The van der Waals surface area contributed by atoms with Gasteiger partial charge in [-0.3, -0.25) is 4.79 Å². The van der Waals surface area contributed by atoms with E-state index < -0.39 is 22.2 Å². The van der Waals surface area contributed by atoms with E-state index in [1.165, 1.54) is 4.90 Å². The molecule has 0 spiro atoms. The van der Waals surface area contributed by atoms with Gasteiger partial charge in [0.15, 0.2) is 0 Å². The number of carbonyl (C=O) groups is 1. The van der Waals surface area contributed by atoms with Crippen molar-refractivity contribution in [1.29, 1.82) is 0 Å². The number of H-pyrrole nitrogens is 1. The van der Waals surface area contributed by atoms with Crippen LogP contribution in [0.25, 0.3) is 11.0 Å². The molecule has 1 fully saturated rings. The summed E-state index contributed by atoms with van der Waals surface area (Å²) in [5, 5.41) is 20.2. The number of aromatic nitrogens is 3. The van der Waals surface area contributed by atoms with Crippen LogP contribution >= 0.6 is 0 Å². The average molecular weight is 325 g/mol. The third-order valence-electron chi connectivity index (χ3n) is 3.50. The number of amides is 1. The highest BCUT2D eigenvalue weighted by atomic mass is 32.2. The van der Waals surface area contributed by atoms with Crippen LogP contribution in [0.1, 0.15) is 10.4 Å². The van der Waals surface area contributed by atoms with Gasteiger partial charge < -0.3 is 10.0 Å². The molecule has 0 saturated carbocycles. The molecule has 2 atom stereocenters. The maximum absolute atomic E-state index is 12.4. The molecular formula is C12H15N5O4S. The fourth-order valence-corrected chi connectivity index (χ4v) is 3.28. The number of hydrogen-bond donors (Lipinski definition) is 3. The Morgan fingerprint density at radius 1 is 1.36 bits per heavy atom. The molecule has 22 heavy (non-hydrogen) atoms. The van der Waals surface area contributed by atoms with Crippen LogP contribution in [0.3, 0.4) is 0 Å². The summed E-state index contributed by atoms with van der Waals surface area (Å²) in [6.07, 6.45) is 0.0809. The Bertz CT molecular complexity index is 818. The molecule has 3 rings (SSSR count). The highest BCUT2D eigenvalue weighted by Gasteiger charge is 2.35. The summed E-state index contributed by atoms with van der Waals surface area (Å²) < 4.78 is 24.8. The van der Waals surface area contributed by atoms with E-state index in [1.54, 1.807) is 18.2 Å². The molecule has 0 aliphatic carbocycles. The van der Waals surface area contributed by atoms with Crippen LogP contribution in [-0.2, 0) is 10.0 Å². The number of aliphatic hydroxyl groups is 1. The molecule has 1 aromatic carbocycles. The molecule has 1 amide bonds. The maximum atomic E-state index is 12.4. The molecule has 2 heterocycles. The van der Waals surface area contributed by atoms with Gasteiger partial charge in [-0.05, 0) is 18.2 Å². The van der Waals surface area contributed by atoms with Gasteiger partial charge in [0, 0.05) is 18.7 Å². The number of aliphatic hydroxyl groups excluding tert-OH is 1. The predicted octanol–water partition coefficient (Wildman–Crippen LogP) is -1.31. The van der Waals surface area contributed by atoms with E-state index in [2.05, 4.69) is 20.1 Å². The van der Waals surface area contributed by atoms with Crippen molar-refractivity contribution in [2.24, 2.45) is 0 Å². The van der Waals surface area contributed by atoms with E-state index in [0.717, 1.165) is 6.26 Å². The maximum Gasteiger partial charge on any atom is 0.254 e. The van der Waals surface area contributed by atoms with Crippen molar-refractivity contribution in [1.82, 2.24) is 25.0 Å². The number of likely N-dealkylation sites (tertiary alicyclic amines) is 1. The third kappa shape index (κ3) is 2.93. The topological polar surface area (TPSA) is 128 Å². The highest BCUT2D eigenvalue weighted by molar-refractivity contribution is 7.88. The normalized spacial score (nSPS) is 22.4. The van der Waals surface area contributed by atoms with Crippen molar-refractivity contribution in [2.45, 2.75) is 12.1 Å². The second-order valence-corrected chi connectivity index (χ2v) is 7.08. The largest absolute Gasteiger partial charge is 0.390 e. The van der Waals surface area contributed by atoms with Gasteiger partial charge in [0.25, 0.3) is 5.91 Å². The molecular weight excluding hydrogens is 310 g/mol. The molecule has 1 saturated heterocycles. The van der Waals surface area contributed by atoms with Gasteiger partial charge in [-0.1, -0.05) is 0 Å². The number of rotatable bonds is 3. The molecule has 1 aliphatic rings. The van der Waals surface area contributed by atoms with Crippen LogP contribution in [0, 0.1) is 0 Å². The zero-order valence-electron chi connectivity index (χ0n) is 11.7. The van der Waals surface area contributed by atoms with Crippen LogP contribution in [0.2, 0.25) is 0 Å². The molecule has 1 aromatic heterocycles. The molecule has 0 radical (unpaired) electrons. The van der Waals surface area contributed by atoms with Gasteiger partial charge in [-0.2, -0.15) is 15.4 Å². The van der Waals surface area contributed by atoms with Gasteiger partial charge in [-0.15, -0.1) is 0 Å². The Kier molecular flexibility index (Phi) is 3.59. The Hall–Kier alpha value is -2.04. The van der Waals surface area contributed by atoms with Crippen LogP contribution < -0.4 is 4.72 Å². The lowest BCUT2D eigenvalue weighted by atomic mass is 10.2. The summed E-state index contributed by atoms with van der Waals surface area (Å²) in [6.45, 7) is 0.187. The van der Waals surface area contributed by atoms with Crippen LogP contribution in [-0.4, -0.2) is 71.2 Å². The summed E-state index contributed by atoms with van der Waals surface area (Å²) in [4.78, 5) is 13.9. The first kappa shape index (κ1) is 14.9. The van der Waals surface area contributed by atoms with E-state index in [9.17, 15) is 18.3 Å². The van der Waals surface area contributed by atoms with E-state index in [0.29, 0.717) is 16.6 Å². The first-order valence-electron chi connectivity index (χ1n) is 6.59. The molecule has 0 unspecified atom stereocenters. The number of β-amino-alcohol motifs (C(OH)–C–C–N with tert-alkyl or cyclic N) is 1. The fourth-order valence-electron chi connectivity index (χ4n) is 2.50. The molecule has 0 bridgehead atoms. The van der Waals surface area contributed by atoms with E-state index in [-0.39, 0.29) is 19.0 Å². The van der Waals surface area contributed by atoms with Crippen molar-refractivity contribution in [3.05, 3.63) is 23.8 Å². The number of carbonyl (C=O) groups excluding carboxylic acids is 1. The first-order chi connectivity index (χ1) is 10.3. The van der Waals surface area contributed by atoms with Crippen LogP contribution in [0.15, 0.2) is 18.2 Å². The highest BCUT2D eigenvalue weighted by Crippen LogP contribution is 2.17. The summed E-state index contributed by atoms with van der Waals surface area (Å²) in [6, 6.07) is 4.20. The zero-order valence-corrected chi connectivity index (χ0v) is 12.5.